The van der Waals surface area contributed by atoms with Crippen molar-refractivity contribution >= 4 is 11.9 Å². The van der Waals surface area contributed by atoms with E-state index in [1.54, 1.807) is 25.7 Å². The minimum absolute atomic E-state index is 0.0197. The molecule has 0 aliphatic carbocycles. The zero-order valence-electron chi connectivity index (χ0n) is 11.3. The second kappa shape index (κ2) is 5.67. The number of esters is 2. The second-order valence-electron chi connectivity index (χ2n) is 5.44. The summed E-state index contributed by atoms with van der Waals surface area (Å²) in [7, 11) is 1.29. The Balaban J connectivity index is 2.59. The van der Waals surface area contributed by atoms with Crippen LogP contribution in [0.15, 0.2) is 0 Å². The fourth-order valence-corrected chi connectivity index (χ4v) is 1.97. The van der Waals surface area contributed by atoms with Gasteiger partial charge in [-0.05, 0) is 20.8 Å². The van der Waals surface area contributed by atoms with Crippen LogP contribution >= 0.6 is 0 Å². The van der Waals surface area contributed by atoms with Crippen molar-refractivity contribution in [3.8, 4) is 0 Å². The molecular formula is C12H21NO5. The first-order valence-corrected chi connectivity index (χ1v) is 5.94. The lowest BCUT2D eigenvalue weighted by Crippen LogP contribution is -2.42. The van der Waals surface area contributed by atoms with Gasteiger partial charge >= 0.3 is 11.9 Å². The van der Waals surface area contributed by atoms with E-state index in [2.05, 4.69) is 4.74 Å². The van der Waals surface area contributed by atoms with Crippen molar-refractivity contribution in [3.63, 3.8) is 0 Å². The third kappa shape index (κ3) is 4.27. The number of ether oxygens (including phenoxy) is 2. The molecule has 1 fully saturated rings. The highest BCUT2D eigenvalue weighted by molar-refractivity contribution is 5.78. The van der Waals surface area contributed by atoms with Gasteiger partial charge in [-0.25, -0.2) is 0 Å². The molecule has 1 N–H and O–H groups in total. The van der Waals surface area contributed by atoms with Gasteiger partial charge in [-0.2, -0.15) is 0 Å². The third-order valence-corrected chi connectivity index (χ3v) is 2.61. The number of carbonyl (C=O) groups is 2. The highest BCUT2D eigenvalue weighted by Gasteiger charge is 2.38. The van der Waals surface area contributed by atoms with Gasteiger partial charge < -0.3 is 14.6 Å². The molecule has 1 aliphatic heterocycles. The molecule has 1 aliphatic rings. The van der Waals surface area contributed by atoms with Crippen molar-refractivity contribution in [1.29, 1.82) is 0 Å². The predicted octanol–water partition coefficient (Wildman–Crippen LogP) is -0.0637. The smallest absolute Gasteiger partial charge is 0.323 e. The van der Waals surface area contributed by atoms with Crippen LogP contribution in [0, 0.1) is 0 Å². The van der Waals surface area contributed by atoms with Crippen LogP contribution < -0.4 is 0 Å². The zero-order chi connectivity index (χ0) is 13.9. The van der Waals surface area contributed by atoms with Crippen molar-refractivity contribution in [1.82, 2.24) is 4.90 Å². The van der Waals surface area contributed by atoms with Crippen molar-refractivity contribution < 1.29 is 24.2 Å². The van der Waals surface area contributed by atoms with Crippen LogP contribution in [-0.4, -0.2) is 59.9 Å². The number of nitrogens with zero attached hydrogens (tertiary/aromatic N) is 1. The lowest BCUT2D eigenvalue weighted by molar-refractivity contribution is -0.157. The number of likely N-dealkylation sites (tertiary alicyclic amines) is 1. The third-order valence-electron chi connectivity index (χ3n) is 2.61. The Morgan fingerprint density at radius 2 is 2.00 bits per heavy atom. The lowest BCUT2D eigenvalue weighted by Gasteiger charge is -2.24. The van der Waals surface area contributed by atoms with Crippen LogP contribution in [0.5, 0.6) is 0 Å². The van der Waals surface area contributed by atoms with E-state index in [1.165, 1.54) is 7.11 Å². The maximum atomic E-state index is 11.7. The molecule has 2 atom stereocenters. The molecule has 0 spiro atoms. The van der Waals surface area contributed by atoms with Gasteiger partial charge in [0.2, 0.25) is 0 Å². The van der Waals surface area contributed by atoms with E-state index in [-0.39, 0.29) is 19.5 Å². The van der Waals surface area contributed by atoms with Crippen molar-refractivity contribution in [2.24, 2.45) is 0 Å². The number of aliphatic hydroxyl groups excluding tert-OH is 1. The molecular weight excluding hydrogens is 238 g/mol. The molecule has 0 radical (unpaired) electrons. The van der Waals surface area contributed by atoms with Crippen molar-refractivity contribution in [2.45, 2.75) is 44.9 Å². The van der Waals surface area contributed by atoms with Gasteiger partial charge in [0.15, 0.2) is 0 Å². The number of carbonyl (C=O) groups excluding carboxylic acids is 2. The number of methoxy groups -OCH3 is 1. The topological polar surface area (TPSA) is 76.1 Å². The quantitative estimate of drug-likeness (QED) is 0.715. The van der Waals surface area contributed by atoms with E-state index in [1.807, 2.05) is 0 Å². The van der Waals surface area contributed by atoms with Crippen molar-refractivity contribution in [2.75, 3.05) is 20.2 Å². The largest absolute Gasteiger partial charge is 0.468 e. The molecule has 18 heavy (non-hydrogen) atoms. The van der Waals surface area contributed by atoms with Gasteiger partial charge in [-0.15, -0.1) is 0 Å². The number of rotatable bonds is 3. The SMILES string of the molecule is COC(=O)C1CC(O)CN1CC(=O)OC(C)(C)C. The zero-order valence-corrected chi connectivity index (χ0v) is 11.3. The van der Waals surface area contributed by atoms with Crippen molar-refractivity contribution in [3.05, 3.63) is 0 Å². The summed E-state index contributed by atoms with van der Waals surface area (Å²) in [4.78, 5) is 24.8. The lowest BCUT2D eigenvalue weighted by atomic mass is 10.2. The molecule has 6 heteroatoms. The van der Waals surface area contributed by atoms with E-state index < -0.39 is 29.7 Å². The van der Waals surface area contributed by atoms with E-state index in [0.717, 1.165) is 0 Å². The van der Waals surface area contributed by atoms with E-state index in [0.29, 0.717) is 0 Å². The number of β-amino-alcohol motifs (C(OH)–C–C–N with tert-alkyl or cyclic N) is 1. The normalized spacial score (nSPS) is 24.9. The molecule has 0 amide bonds. The van der Waals surface area contributed by atoms with Gasteiger partial charge in [0, 0.05) is 13.0 Å². The number of hydrogen-bond donors (Lipinski definition) is 1. The first kappa shape index (κ1) is 14.9. The molecule has 1 rings (SSSR count). The molecule has 0 aromatic carbocycles. The molecule has 2 unspecified atom stereocenters. The fraction of sp³-hybridized carbons (Fsp3) is 0.833. The molecule has 0 bridgehead atoms. The Labute approximate surface area is 107 Å². The van der Waals surface area contributed by atoms with Gasteiger partial charge in [0.1, 0.15) is 11.6 Å². The Hall–Kier alpha value is -1.14. The minimum atomic E-state index is -0.614. The molecule has 6 nitrogen and oxygen atoms in total. The highest BCUT2D eigenvalue weighted by atomic mass is 16.6. The molecule has 1 saturated heterocycles. The Morgan fingerprint density at radius 3 is 2.50 bits per heavy atom. The average molecular weight is 259 g/mol. The Kier molecular flexibility index (Phi) is 4.70. The first-order valence-electron chi connectivity index (χ1n) is 5.94. The Morgan fingerprint density at radius 1 is 1.39 bits per heavy atom. The molecule has 104 valence electrons. The summed E-state index contributed by atoms with van der Waals surface area (Å²) in [6, 6.07) is -0.572. The summed E-state index contributed by atoms with van der Waals surface area (Å²) in [5.74, 6) is -0.847. The molecule has 0 aromatic rings. The van der Waals surface area contributed by atoms with Crippen LogP contribution in [0.2, 0.25) is 0 Å². The molecule has 0 saturated carbocycles. The van der Waals surface area contributed by atoms with Crippen LogP contribution in [0.4, 0.5) is 0 Å². The standard InChI is InChI=1S/C12H21NO5/c1-12(2,3)18-10(15)7-13-6-8(14)5-9(13)11(16)17-4/h8-9,14H,5-7H2,1-4H3. The van der Waals surface area contributed by atoms with E-state index >= 15 is 0 Å². The molecule has 0 aromatic heterocycles. The summed E-state index contributed by atoms with van der Waals surface area (Å²) in [6.07, 6.45) is -0.327. The van der Waals surface area contributed by atoms with E-state index in [9.17, 15) is 14.7 Å². The minimum Gasteiger partial charge on any atom is -0.468 e. The van der Waals surface area contributed by atoms with Crippen LogP contribution in [0.3, 0.4) is 0 Å². The maximum Gasteiger partial charge on any atom is 0.323 e. The van der Waals surface area contributed by atoms with Crippen LogP contribution in [0.25, 0.3) is 0 Å². The molecule has 1 heterocycles. The summed E-state index contributed by atoms with van der Waals surface area (Å²) in [6.45, 7) is 5.59. The second-order valence-corrected chi connectivity index (χ2v) is 5.44. The monoisotopic (exact) mass is 259 g/mol. The number of hydrogen-bond acceptors (Lipinski definition) is 6. The van der Waals surface area contributed by atoms with Crippen LogP contribution in [-0.2, 0) is 19.1 Å². The summed E-state index contributed by atoms with van der Waals surface area (Å²) < 4.78 is 9.83. The van der Waals surface area contributed by atoms with Gasteiger partial charge in [-0.1, -0.05) is 0 Å². The van der Waals surface area contributed by atoms with Gasteiger partial charge in [0.05, 0.1) is 19.8 Å². The predicted molar refractivity (Wildman–Crippen MR) is 63.8 cm³/mol. The van der Waals surface area contributed by atoms with E-state index in [4.69, 9.17) is 4.74 Å². The fourth-order valence-electron chi connectivity index (χ4n) is 1.97. The van der Waals surface area contributed by atoms with Gasteiger partial charge in [0.25, 0.3) is 0 Å². The summed E-state index contributed by atoms with van der Waals surface area (Å²) in [5, 5.41) is 9.56. The highest BCUT2D eigenvalue weighted by Crippen LogP contribution is 2.19. The maximum absolute atomic E-state index is 11.7. The van der Waals surface area contributed by atoms with Crippen LogP contribution in [0.1, 0.15) is 27.2 Å². The first-order chi connectivity index (χ1) is 8.23. The average Bonchev–Trinajstić information content (AvgIpc) is 2.55. The number of aliphatic hydroxyl groups is 1. The Bertz CT molecular complexity index is 323. The summed E-state index contributed by atoms with van der Waals surface area (Å²) in [5.41, 5.74) is -0.559. The summed E-state index contributed by atoms with van der Waals surface area (Å²) >= 11 is 0. The van der Waals surface area contributed by atoms with Gasteiger partial charge in [-0.3, -0.25) is 14.5 Å².